The van der Waals surface area contributed by atoms with Gasteiger partial charge in [0.25, 0.3) is 0 Å². The molecule has 5 nitrogen and oxygen atoms in total. The molecule has 28 heavy (non-hydrogen) atoms. The van der Waals surface area contributed by atoms with Gasteiger partial charge in [-0.25, -0.2) is 4.79 Å². The summed E-state index contributed by atoms with van der Waals surface area (Å²) >= 11 is 0. The number of carboxylic acids is 1. The van der Waals surface area contributed by atoms with E-state index in [1.54, 1.807) is 19.2 Å². The van der Waals surface area contributed by atoms with Crippen LogP contribution >= 0.6 is 0 Å². The summed E-state index contributed by atoms with van der Waals surface area (Å²) in [5.74, 6) is 0.849. The second-order valence-corrected chi connectivity index (χ2v) is 8.30. The van der Waals surface area contributed by atoms with Crippen molar-refractivity contribution in [2.45, 2.75) is 51.7 Å². The summed E-state index contributed by atoms with van der Waals surface area (Å²) in [6.45, 7) is 8.47. The van der Waals surface area contributed by atoms with Crippen LogP contribution < -0.4 is 9.47 Å². The summed E-state index contributed by atoms with van der Waals surface area (Å²) in [5.41, 5.74) is 5.25. The maximum Gasteiger partial charge on any atom is 0.335 e. The van der Waals surface area contributed by atoms with Crippen LogP contribution in [0.25, 0.3) is 0 Å². The number of hydrogen-bond acceptors (Lipinski definition) is 4. The highest BCUT2D eigenvalue weighted by molar-refractivity contribution is 6.16. The van der Waals surface area contributed by atoms with Crippen molar-refractivity contribution in [3.63, 3.8) is 0 Å². The number of methoxy groups -OCH3 is 1. The summed E-state index contributed by atoms with van der Waals surface area (Å²) in [6, 6.07) is 9.02. The largest absolute Gasteiger partial charge is 0.493 e. The Hall–Kier alpha value is -2.82. The fourth-order valence-electron chi connectivity index (χ4n) is 4.21. The summed E-state index contributed by atoms with van der Waals surface area (Å²) < 4.78 is 11.8. The number of hydrogen-bond donors (Lipinski definition) is 1. The lowest BCUT2D eigenvalue weighted by Gasteiger charge is -2.31. The average molecular weight is 379 g/mol. The van der Waals surface area contributed by atoms with Crippen LogP contribution in [-0.4, -0.2) is 35.5 Å². The first-order valence-corrected chi connectivity index (χ1v) is 9.56. The van der Waals surface area contributed by atoms with E-state index in [-0.39, 0.29) is 23.1 Å². The highest BCUT2D eigenvalue weighted by Crippen LogP contribution is 2.49. The predicted octanol–water partition coefficient (Wildman–Crippen LogP) is 4.45. The van der Waals surface area contributed by atoms with Crippen molar-refractivity contribution in [1.82, 2.24) is 0 Å². The fraction of sp³-hybridized carbons (Fsp3) is 0.391. The SMILES string of the molecule is COc1cc2c(c3c1OC(C)C3C)C(c1ccc(C(=O)O)cc1)=NC(C)(C)C2. The Morgan fingerprint density at radius 1 is 1.25 bits per heavy atom. The third-order valence-corrected chi connectivity index (χ3v) is 5.73. The van der Waals surface area contributed by atoms with Crippen molar-refractivity contribution in [1.29, 1.82) is 0 Å². The molecule has 0 aromatic heterocycles. The molecule has 1 N–H and O–H groups in total. The molecular weight excluding hydrogens is 354 g/mol. The summed E-state index contributed by atoms with van der Waals surface area (Å²) in [5, 5.41) is 9.21. The van der Waals surface area contributed by atoms with Crippen molar-refractivity contribution in [3.05, 3.63) is 58.1 Å². The number of ether oxygens (including phenoxy) is 2. The Balaban J connectivity index is 1.96. The number of aromatic carboxylic acids is 1. The monoisotopic (exact) mass is 379 g/mol. The first-order chi connectivity index (χ1) is 13.2. The van der Waals surface area contributed by atoms with Gasteiger partial charge in [0, 0.05) is 22.6 Å². The highest BCUT2D eigenvalue weighted by atomic mass is 16.5. The summed E-state index contributed by atoms with van der Waals surface area (Å²) in [6.07, 6.45) is 0.866. The molecule has 2 aromatic carbocycles. The molecule has 4 rings (SSSR count). The van der Waals surface area contributed by atoms with Gasteiger partial charge in [-0.1, -0.05) is 19.1 Å². The van der Waals surface area contributed by atoms with Crippen molar-refractivity contribution >= 4 is 11.7 Å². The molecule has 0 spiro atoms. The molecular formula is C23H25NO4. The molecule has 2 heterocycles. The second kappa shape index (κ2) is 6.36. The third-order valence-electron chi connectivity index (χ3n) is 5.73. The van der Waals surface area contributed by atoms with Gasteiger partial charge in [-0.2, -0.15) is 0 Å². The van der Waals surface area contributed by atoms with Crippen molar-refractivity contribution in [2.24, 2.45) is 4.99 Å². The number of carbonyl (C=O) groups is 1. The van der Waals surface area contributed by atoms with E-state index in [1.807, 2.05) is 12.1 Å². The lowest BCUT2D eigenvalue weighted by Crippen LogP contribution is -2.30. The second-order valence-electron chi connectivity index (χ2n) is 8.30. The Labute approximate surface area is 165 Å². The number of rotatable bonds is 3. The lowest BCUT2D eigenvalue weighted by atomic mass is 9.79. The quantitative estimate of drug-likeness (QED) is 0.855. The van der Waals surface area contributed by atoms with Gasteiger partial charge in [0.1, 0.15) is 6.10 Å². The van der Waals surface area contributed by atoms with E-state index >= 15 is 0 Å². The average Bonchev–Trinajstić information content (AvgIpc) is 2.94. The highest BCUT2D eigenvalue weighted by Gasteiger charge is 2.39. The smallest absolute Gasteiger partial charge is 0.335 e. The molecule has 2 aliphatic heterocycles. The van der Waals surface area contributed by atoms with Gasteiger partial charge in [0.05, 0.1) is 23.9 Å². The topological polar surface area (TPSA) is 68.1 Å². The molecule has 2 atom stereocenters. The van der Waals surface area contributed by atoms with Gasteiger partial charge in [0.15, 0.2) is 11.5 Å². The number of aliphatic imine (C=N–C) groups is 1. The van der Waals surface area contributed by atoms with Crippen molar-refractivity contribution in [3.8, 4) is 11.5 Å². The Morgan fingerprint density at radius 2 is 1.93 bits per heavy atom. The number of nitrogens with zero attached hydrogens (tertiary/aromatic N) is 1. The van der Waals surface area contributed by atoms with E-state index in [4.69, 9.17) is 14.5 Å². The van der Waals surface area contributed by atoms with E-state index in [1.165, 1.54) is 5.56 Å². The van der Waals surface area contributed by atoms with E-state index in [0.29, 0.717) is 0 Å². The Bertz CT molecular complexity index is 989. The molecule has 2 unspecified atom stereocenters. The standard InChI is InChI=1S/C23H25NO4/c1-12-13(2)28-21-17(27-5)10-16-11-23(3,4)24-20(19(16)18(12)21)14-6-8-15(9-7-14)22(25)26/h6-10,12-13H,11H2,1-5H3,(H,25,26). The molecule has 0 saturated carbocycles. The minimum atomic E-state index is -0.931. The predicted molar refractivity (Wildman–Crippen MR) is 108 cm³/mol. The van der Waals surface area contributed by atoms with Crippen LogP contribution in [0.1, 0.15) is 66.2 Å². The van der Waals surface area contributed by atoms with Gasteiger partial charge < -0.3 is 14.6 Å². The van der Waals surface area contributed by atoms with Crippen LogP contribution in [0.5, 0.6) is 11.5 Å². The zero-order valence-corrected chi connectivity index (χ0v) is 16.9. The molecule has 0 radical (unpaired) electrons. The van der Waals surface area contributed by atoms with Crippen LogP contribution in [-0.2, 0) is 6.42 Å². The maximum atomic E-state index is 11.2. The number of carboxylic acid groups (broad SMARTS) is 1. The van der Waals surface area contributed by atoms with Crippen LogP contribution in [0.2, 0.25) is 0 Å². The van der Waals surface area contributed by atoms with Gasteiger partial charge in [-0.3, -0.25) is 4.99 Å². The molecule has 5 heteroatoms. The number of fused-ring (bicyclic) bond motifs is 3. The van der Waals surface area contributed by atoms with Crippen LogP contribution in [0, 0.1) is 0 Å². The van der Waals surface area contributed by atoms with Gasteiger partial charge in [0.2, 0.25) is 0 Å². The molecule has 146 valence electrons. The van der Waals surface area contributed by atoms with Crippen LogP contribution in [0.3, 0.4) is 0 Å². The lowest BCUT2D eigenvalue weighted by molar-refractivity contribution is 0.0697. The minimum Gasteiger partial charge on any atom is -0.493 e. The van der Waals surface area contributed by atoms with E-state index in [0.717, 1.165) is 40.3 Å². The minimum absolute atomic E-state index is 0.0565. The third kappa shape index (κ3) is 2.86. The molecule has 0 saturated heterocycles. The van der Waals surface area contributed by atoms with E-state index in [2.05, 4.69) is 33.8 Å². The molecule has 2 aliphatic rings. The number of benzene rings is 2. The molecule has 0 aliphatic carbocycles. The van der Waals surface area contributed by atoms with Gasteiger partial charge >= 0.3 is 5.97 Å². The molecule has 0 amide bonds. The van der Waals surface area contributed by atoms with Crippen molar-refractivity contribution in [2.75, 3.05) is 7.11 Å². The first-order valence-electron chi connectivity index (χ1n) is 9.56. The normalized spacial score (nSPS) is 22.0. The van der Waals surface area contributed by atoms with Crippen LogP contribution in [0.4, 0.5) is 0 Å². The van der Waals surface area contributed by atoms with Crippen molar-refractivity contribution < 1.29 is 19.4 Å². The molecule has 0 fully saturated rings. The Kier molecular flexibility index (Phi) is 4.21. The van der Waals surface area contributed by atoms with Crippen LogP contribution in [0.15, 0.2) is 35.3 Å². The van der Waals surface area contributed by atoms with E-state index < -0.39 is 5.97 Å². The summed E-state index contributed by atoms with van der Waals surface area (Å²) in [4.78, 5) is 16.3. The van der Waals surface area contributed by atoms with Gasteiger partial charge in [-0.05, 0) is 51.0 Å². The van der Waals surface area contributed by atoms with Gasteiger partial charge in [-0.15, -0.1) is 0 Å². The Morgan fingerprint density at radius 3 is 2.54 bits per heavy atom. The molecule has 2 aromatic rings. The molecule has 0 bridgehead atoms. The summed E-state index contributed by atoms with van der Waals surface area (Å²) in [7, 11) is 1.67. The zero-order chi connectivity index (χ0) is 20.2. The maximum absolute atomic E-state index is 11.2. The fourth-order valence-corrected chi connectivity index (χ4v) is 4.21. The van der Waals surface area contributed by atoms with E-state index in [9.17, 15) is 9.90 Å². The zero-order valence-electron chi connectivity index (χ0n) is 16.9. The first kappa shape index (κ1) is 18.5.